The van der Waals surface area contributed by atoms with Crippen LogP contribution >= 0.6 is 11.6 Å². The number of hydrogen-bond donors (Lipinski definition) is 1. The molecule has 0 amide bonds. The Bertz CT molecular complexity index is 968. The predicted molar refractivity (Wildman–Crippen MR) is 122 cm³/mol. The summed E-state index contributed by atoms with van der Waals surface area (Å²) in [6.45, 7) is 8.69. The van der Waals surface area contributed by atoms with Crippen molar-refractivity contribution in [1.29, 1.82) is 0 Å². The molecule has 0 spiro atoms. The van der Waals surface area contributed by atoms with Crippen molar-refractivity contribution in [3.05, 3.63) is 64.2 Å². The fourth-order valence-corrected chi connectivity index (χ4v) is 5.39. The van der Waals surface area contributed by atoms with Gasteiger partial charge in [-0.15, -0.1) is 0 Å². The Labute approximate surface area is 189 Å². The van der Waals surface area contributed by atoms with E-state index in [-0.39, 0.29) is 30.5 Å². The first-order valence-electron chi connectivity index (χ1n) is 11.1. The minimum Gasteiger partial charge on any atom is -0.487 e. The Hall–Kier alpha value is -2.04. The summed E-state index contributed by atoms with van der Waals surface area (Å²) in [7, 11) is 0. The maximum absolute atomic E-state index is 11.3. The molecule has 0 bridgehead atoms. The molecule has 2 heterocycles. The highest BCUT2D eigenvalue weighted by atomic mass is 35.5. The Balaban J connectivity index is 1.74. The molecule has 4 nitrogen and oxygen atoms in total. The van der Waals surface area contributed by atoms with Crippen LogP contribution in [0.4, 0.5) is 0 Å². The van der Waals surface area contributed by atoms with E-state index >= 15 is 0 Å². The van der Waals surface area contributed by atoms with Crippen LogP contribution in [0.1, 0.15) is 69.2 Å². The van der Waals surface area contributed by atoms with E-state index in [0.29, 0.717) is 5.92 Å². The van der Waals surface area contributed by atoms with Crippen molar-refractivity contribution in [2.45, 2.75) is 70.7 Å². The summed E-state index contributed by atoms with van der Waals surface area (Å²) in [5.74, 6) is 0.831. The molecule has 31 heavy (non-hydrogen) atoms. The summed E-state index contributed by atoms with van der Waals surface area (Å²) in [4.78, 5) is 11.3. The third-order valence-corrected chi connectivity index (χ3v) is 6.86. The average Bonchev–Trinajstić information content (AvgIpc) is 2.67. The summed E-state index contributed by atoms with van der Waals surface area (Å²) >= 11 is 6.32. The fourth-order valence-electron chi connectivity index (χ4n) is 5.19. The number of hydrogen-bond acceptors (Lipinski definition) is 3. The second kappa shape index (κ2) is 8.48. The fraction of sp³-hybridized carbons (Fsp3) is 0.500. The van der Waals surface area contributed by atoms with Crippen LogP contribution in [0, 0.1) is 11.8 Å². The minimum absolute atomic E-state index is 0.00534. The first-order valence-corrected chi connectivity index (χ1v) is 11.5. The summed E-state index contributed by atoms with van der Waals surface area (Å²) in [5.41, 5.74) is 2.56. The van der Waals surface area contributed by atoms with Gasteiger partial charge in [0.05, 0.1) is 18.6 Å². The summed E-state index contributed by atoms with van der Waals surface area (Å²) in [5, 5.41) is 9.98. The van der Waals surface area contributed by atoms with Crippen molar-refractivity contribution in [3.8, 4) is 5.75 Å². The summed E-state index contributed by atoms with van der Waals surface area (Å²) < 4.78 is 13.3. The third-order valence-electron chi connectivity index (χ3n) is 6.63. The largest absolute Gasteiger partial charge is 0.487 e. The van der Waals surface area contributed by atoms with Gasteiger partial charge in [0, 0.05) is 22.4 Å². The van der Waals surface area contributed by atoms with E-state index in [1.807, 2.05) is 30.3 Å². The molecule has 4 atom stereocenters. The zero-order valence-electron chi connectivity index (χ0n) is 18.6. The molecule has 2 aromatic rings. The first-order chi connectivity index (χ1) is 14.6. The van der Waals surface area contributed by atoms with Crippen molar-refractivity contribution in [1.82, 2.24) is 0 Å². The molecule has 4 rings (SSSR count). The normalized spacial score (nSPS) is 26.6. The smallest absolute Gasteiger partial charge is 0.307 e. The number of benzene rings is 2. The monoisotopic (exact) mass is 442 g/mol. The number of fused-ring (bicyclic) bond motifs is 3. The van der Waals surface area contributed by atoms with E-state index in [1.165, 1.54) is 5.56 Å². The van der Waals surface area contributed by atoms with Crippen LogP contribution in [-0.4, -0.2) is 22.8 Å². The molecule has 0 aromatic heterocycles. The van der Waals surface area contributed by atoms with Gasteiger partial charge in [-0.25, -0.2) is 0 Å². The van der Waals surface area contributed by atoms with Gasteiger partial charge in [0.2, 0.25) is 0 Å². The SMILES string of the molecule is CC(C)C[C@@H]1O[C@@H]2c3cc(CC(=O)O)ccc3OC(C)(C)[C@H]2C[C@@H]1c1cccc(Cl)c1. The molecule has 5 heteroatoms. The summed E-state index contributed by atoms with van der Waals surface area (Å²) in [6, 6.07) is 13.8. The Kier molecular flexibility index (Phi) is 6.06. The predicted octanol–water partition coefficient (Wildman–Crippen LogP) is 6.41. The lowest BCUT2D eigenvalue weighted by Crippen LogP contribution is -2.50. The maximum atomic E-state index is 11.3. The van der Waals surface area contributed by atoms with E-state index in [1.54, 1.807) is 0 Å². The van der Waals surface area contributed by atoms with Gasteiger partial charge < -0.3 is 14.6 Å². The zero-order chi connectivity index (χ0) is 22.3. The van der Waals surface area contributed by atoms with Crippen LogP contribution in [0.3, 0.4) is 0 Å². The average molecular weight is 443 g/mol. The quantitative estimate of drug-likeness (QED) is 0.580. The zero-order valence-corrected chi connectivity index (χ0v) is 19.4. The van der Waals surface area contributed by atoms with Gasteiger partial charge in [0.1, 0.15) is 11.4 Å². The lowest BCUT2D eigenvalue weighted by Gasteiger charge is -2.51. The minimum atomic E-state index is -0.836. The van der Waals surface area contributed by atoms with E-state index in [0.717, 1.165) is 34.7 Å². The molecular formula is C26H31ClO4. The van der Waals surface area contributed by atoms with Crippen molar-refractivity contribution >= 4 is 17.6 Å². The number of carboxylic acids is 1. The van der Waals surface area contributed by atoms with Crippen LogP contribution in [0.2, 0.25) is 5.02 Å². The number of rotatable bonds is 5. The highest BCUT2D eigenvalue weighted by Gasteiger charge is 2.50. The second-order valence-electron chi connectivity index (χ2n) is 9.88. The third kappa shape index (κ3) is 4.61. The molecule has 2 aromatic carbocycles. The molecule has 1 N–H and O–H groups in total. The molecule has 0 radical (unpaired) electrons. The standard InChI is InChI=1S/C26H31ClO4/c1-15(2)10-23-19(17-6-5-7-18(27)13-17)14-21-25(30-23)20-11-16(12-24(28)29)8-9-22(20)31-26(21,3)4/h5-9,11,13,15,19,21,23,25H,10,12,14H2,1-4H3,(H,28,29)/t19-,21+,23+,25-/m1/s1. The van der Waals surface area contributed by atoms with Crippen LogP contribution < -0.4 is 4.74 Å². The highest BCUT2D eigenvalue weighted by Crippen LogP contribution is 2.54. The van der Waals surface area contributed by atoms with E-state index in [2.05, 4.69) is 39.8 Å². The Morgan fingerprint density at radius 2 is 2.00 bits per heavy atom. The van der Waals surface area contributed by atoms with E-state index < -0.39 is 11.6 Å². The van der Waals surface area contributed by atoms with Crippen molar-refractivity contribution in [3.63, 3.8) is 0 Å². The first kappa shape index (κ1) is 22.2. The molecule has 1 saturated heterocycles. The molecule has 0 unspecified atom stereocenters. The van der Waals surface area contributed by atoms with Crippen molar-refractivity contribution in [2.75, 3.05) is 0 Å². The van der Waals surface area contributed by atoms with Gasteiger partial charge >= 0.3 is 5.97 Å². The van der Waals surface area contributed by atoms with Gasteiger partial charge in [-0.05, 0) is 68.0 Å². The Morgan fingerprint density at radius 3 is 2.68 bits per heavy atom. The number of aliphatic carboxylic acids is 1. The molecule has 166 valence electrons. The van der Waals surface area contributed by atoms with Gasteiger partial charge in [-0.2, -0.15) is 0 Å². The number of carbonyl (C=O) groups is 1. The lowest BCUT2D eigenvalue weighted by molar-refractivity contribution is -0.162. The Morgan fingerprint density at radius 1 is 1.23 bits per heavy atom. The number of carboxylic acid groups (broad SMARTS) is 1. The van der Waals surface area contributed by atoms with Crippen LogP contribution in [0.25, 0.3) is 0 Å². The number of halogens is 1. The van der Waals surface area contributed by atoms with E-state index in [9.17, 15) is 9.90 Å². The molecule has 2 aliphatic rings. The van der Waals surface area contributed by atoms with Gasteiger partial charge in [-0.1, -0.05) is 43.6 Å². The second-order valence-corrected chi connectivity index (χ2v) is 10.3. The molecular weight excluding hydrogens is 412 g/mol. The number of ether oxygens (including phenoxy) is 2. The van der Waals surface area contributed by atoms with Crippen LogP contribution in [0.15, 0.2) is 42.5 Å². The highest BCUT2D eigenvalue weighted by molar-refractivity contribution is 6.30. The summed E-state index contributed by atoms with van der Waals surface area (Å²) in [6.07, 6.45) is 1.81. The van der Waals surface area contributed by atoms with Crippen molar-refractivity contribution < 1.29 is 19.4 Å². The lowest BCUT2D eigenvalue weighted by atomic mass is 9.69. The topological polar surface area (TPSA) is 55.8 Å². The van der Waals surface area contributed by atoms with Gasteiger partial charge in [0.15, 0.2) is 0 Å². The van der Waals surface area contributed by atoms with Gasteiger partial charge in [-0.3, -0.25) is 4.79 Å². The van der Waals surface area contributed by atoms with Gasteiger partial charge in [0.25, 0.3) is 0 Å². The molecule has 0 aliphatic carbocycles. The molecule has 0 saturated carbocycles. The molecule has 1 fully saturated rings. The molecule has 2 aliphatic heterocycles. The van der Waals surface area contributed by atoms with Crippen LogP contribution in [-0.2, 0) is 16.0 Å². The maximum Gasteiger partial charge on any atom is 0.307 e. The van der Waals surface area contributed by atoms with E-state index in [4.69, 9.17) is 21.1 Å². The van der Waals surface area contributed by atoms with Crippen molar-refractivity contribution in [2.24, 2.45) is 11.8 Å². The van der Waals surface area contributed by atoms with Crippen LogP contribution in [0.5, 0.6) is 5.75 Å².